The van der Waals surface area contributed by atoms with Gasteiger partial charge in [-0.2, -0.15) is 0 Å². The standard InChI is InChI=1S/C22H21ClN2O3/c1-22(2,3)19-11-13(7-8-24-19)15-9-17(20(28-4)25-12-15)16-6-5-14(21(26)27)10-18(16)23/h5-12H,1-4H3,(H,26,27). The molecule has 0 bridgehead atoms. The molecule has 1 N–H and O–H groups in total. The van der Waals surface area contributed by atoms with E-state index in [-0.39, 0.29) is 11.0 Å². The van der Waals surface area contributed by atoms with Crippen LogP contribution in [0.3, 0.4) is 0 Å². The molecule has 5 nitrogen and oxygen atoms in total. The summed E-state index contributed by atoms with van der Waals surface area (Å²) >= 11 is 6.36. The zero-order valence-electron chi connectivity index (χ0n) is 16.2. The molecule has 0 atom stereocenters. The lowest BCUT2D eigenvalue weighted by atomic mass is 9.90. The third kappa shape index (κ3) is 3.99. The highest BCUT2D eigenvalue weighted by molar-refractivity contribution is 6.33. The number of halogens is 1. The van der Waals surface area contributed by atoms with E-state index < -0.39 is 5.97 Å². The van der Waals surface area contributed by atoms with Crippen molar-refractivity contribution in [2.24, 2.45) is 0 Å². The van der Waals surface area contributed by atoms with Gasteiger partial charge in [-0.25, -0.2) is 9.78 Å². The minimum Gasteiger partial charge on any atom is -0.481 e. The third-order valence-corrected chi connectivity index (χ3v) is 4.73. The predicted octanol–water partition coefficient (Wildman–Crippen LogP) is 5.47. The van der Waals surface area contributed by atoms with E-state index in [0.717, 1.165) is 16.8 Å². The largest absolute Gasteiger partial charge is 0.481 e. The summed E-state index contributed by atoms with van der Waals surface area (Å²) in [5.41, 5.74) is 4.25. The van der Waals surface area contributed by atoms with Gasteiger partial charge in [0.15, 0.2) is 0 Å². The van der Waals surface area contributed by atoms with Gasteiger partial charge in [-0.05, 0) is 35.9 Å². The Balaban J connectivity index is 2.13. The van der Waals surface area contributed by atoms with Crippen LogP contribution in [-0.4, -0.2) is 28.2 Å². The van der Waals surface area contributed by atoms with Crippen LogP contribution in [0.5, 0.6) is 5.88 Å². The minimum absolute atomic E-state index is 0.0747. The second-order valence-electron chi connectivity index (χ2n) is 7.46. The van der Waals surface area contributed by atoms with Crippen LogP contribution in [0.4, 0.5) is 0 Å². The number of hydrogen-bond donors (Lipinski definition) is 1. The summed E-state index contributed by atoms with van der Waals surface area (Å²) in [6.45, 7) is 6.34. The van der Waals surface area contributed by atoms with Crippen molar-refractivity contribution in [1.29, 1.82) is 0 Å². The van der Waals surface area contributed by atoms with Gasteiger partial charge < -0.3 is 9.84 Å². The number of pyridine rings is 2. The van der Waals surface area contributed by atoms with Crippen LogP contribution in [0.2, 0.25) is 5.02 Å². The number of carboxylic acids is 1. The van der Waals surface area contributed by atoms with Gasteiger partial charge in [0.05, 0.1) is 12.7 Å². The summed E-state index contributed by atoms with van der Waals surface area (Å²) in [7, 11) is 1.54. The summed E-state index contributed by atoms with van der Waals surface area (Å²) in [4.78, 5) is 20.1. The maximum Gasteiger partial charge on any atom is 0.335 e. The van der Waals surface area contributed by atoms with Crippen LogP contribution >= 0.6 is 11.6 Å². The lowest BCUT2D eigenvalue weighted by Crippen LogP contribution is -2.13. The summed E-state index contributed by atoms with van der Waals surface area (Å²) in [5, 5.41) is 9.48. The van der Waals surface area contributed by atoms with Crippen LogP contribution < -0.4 is 4.74 Å². The van der Waals surface area contributed by atoms with Crippen LogP contribution in [0.15, 0.2) is 48.8 Å². The molecular weight excluding hydrogens is 376 g/mol. The Labute approximate surface area is 169 Å². The number of hydrogen-bond acceptors (Lipinski definition) is 4. The molecule has 144 valence electrons. The van der Waals surface area contributed by atoms with Crippen molar-refractivity contribution in [3.8, 4) is 28.1 Å². The molecule has 0 aliphatic rings. The molecule has 0 saturated heterocycles. The molecule has 0 radical (unpaired) electrons. The van der Waals surface area contributed by atoms with E-state index in [9.17, 15) is 4.79 Å². The van der Waals surface area contributed by atoms with E-state index in [2.05, 4.69) is 30.7 Å². The number of aromatic carboxylic acids is 1. The SMILES string of the molecule is COc1ncc(-c2ccnc(C(C)(C)C)c2)cc1-c1ccc(C(=O)O)cc1Cl. The average Bonchev–Trinajstić information content (AvgIpc) is 2.67. The van der Waals surface area contributed by atoms with Gasteiger partial charge in [0.25, 0.3) is 0 Å². The number of nitrogens with zero attached hydrogens (tertiary/aromatic N) is 2. The maximum absolute atomic E-state index is 11.2. The molecule has 3 rings (SSSR count). The monoisotopic (exact) mass is 396 g/mol. The van der Waals surface area contributed by atoms with E-state index >= 15 is 0 Å². The van der Waals surface area contributed by atoms with Gasteiger partial charge in [0, 0.05) is 45.2 Å². The van der Waals surface area contributed by atoms with Gasteiger partial charge in [0.1, 0.15) is 0 Å². The summed E-state index contributed by atoms with van der Waals surface area (Å²) < 4.78 is 5.40. The van der Waals surface area contributed by atoms with E-state index in [1.807, 2.05) is 18.2 Å². The van der Waals surface area contributed by atoms with Gasteiger partial charge in [-0.15, -0.1) is 0 Å². The van der Waals surface area contributed by atoms with Gasteiger partial charge in [-0.1, -0.05) is 38.4 Å². The number of aromatic nitrogens is 2. The first kappa shape index (κ1) is 19.8. The molecule has 2 heterocycles. The van der Waals surface area contributed by atoms with Crippen LogP contribution in [0.25, 0.3) is 22.3 Å². The zero-order valence-corrected chi connectivity index (χ0v) is 16.9. The van der Waals surface area contributed by atoms with Crippen molar-refractivity contribution < 1.29 is 14.6 Å². The molecule has 0 aliphatic carbocycles. The first-order valence-corrected chi connectivity index (χ1v) is 9.12. The third-order valence-electron chi connectivity index (χ3n) is 4.41. The molecule has 0 saturated carbocycles. The van der Waals surface area contributed by atoms with Crippen molar-refractivity contribution in [3.63, 3.8) is 0 Å². The average molecular weight is 397 g/mol. The smallest absolute Gasteiger partial charge is 0.335 e. The molecule has 0 fully saturated rings. The normalized spacial score (nSPS) is 11.3. The Hall–Kier alpha value is -2.92. The fourth-order valence-corrected chi connectivity index (χ4v) is 3.13. The first-order valence-electron chi connectivity index (χ1n) is 8.75. The molecular formula is C22H21ClN2O3. The van der Waals surface area contributed by atoms with Crippen LogP contribution in [0.1, 0.15) is 36.8 Å². The lowest BCUT2D eigenvalue weighted by molar-refractivity contribution is 0.0697. The topological polar surface area (TPSA) is 72.3 Å². The predicted molar refractivity (Wildman–Crippen MR) is 110 cm³/mol. The first-order chi connectivity index (χ1) is 13.2. The van der Waals surface area contributed by atoms with E-state index in [4.69, 9.17) is 21.4 Å². The minimum atomic E-state index is -1.03. The highest BCUT2D eigenvalue weighted by Gasteiger charge is 2.18. The summed E-state index contributed by atoms with van der Waals surface area (Å²) in [6, 6.07) is 10.5. The molecule has 1 aromatic carbocycles. The zero-order chi connectivity index (χ0) is 20.5. The number of ether oxygens (including phenoxy) is 1. The number of benzene rings is 1. The van der Waals surface area contributed by atoms with Gasteiger partial charge in [-0.3, -0.25) is 4.98 Å². The molecule has 0 spiro atoms. The Morgan fingerprint density at radius 1 is 1.04 bits per heavy atom. The fraction of sp³-hybridized carbons (Fsp3) is 0.227. The Bertz CT molecular complexity index is 1040. The van der Waals surface area contributed by atoms with E-state index in [1.54, 1.807) is 18.5 Å². The number of carbonyl (C=O) groups is 1. The summed E-state index contributed by atoms with van der Waals surface area (Å²) in [6.07, 6.45) is 3.53. The Morgan fingerprint density at radius 2 is 1.79 bits per heavy atom. The van der Waals surface area contributed by atoms with E-state index in [1.165, 1.54) is 19.2 Å². The number of rotatable bonds is 4. The van der Waals surface area contributed by atoms with Crippen LogP contribution in [-0.2, 0) is 5.41 Å². The van der Waals surface area contributed by atoms with Crippen molar-refractivity contribution in [3.05, 3.63) is 65.1 Å². The molecule has 0 aliphatic heterocycles. The van der Waals surface area contributed by atoms with Gasteiger partial charge >= 0.3 is 5.97 Å². The fourth-order valence-electron chi connectivity index (χ4n) is 2.85. The molecule has 28 heavy (non-hydrogen) atoms. The van der Waals surface area contributed by atoms with Crippen molar-refractivity contribution >= 4 is 17.6 Å². The molecule has 0 amide bonds. The lowest BCUT2D eigenvalue weighted by Gasteiger charge is -2.18. The highest BCUT2D eigenvalue weighted by atomic mass is 35.5. The molecule has 0 unspecified atom stereocenters. The Kier molecular flexibility index (Phi) is 5.38. The Morgan fingerprint density at radius 3 is 2.39 bits per heavy atom. The quantitative estimate of drug-likeness (QED) is 0.633. The van der Waals surface area contributed by atoms with Crippen molar-refractivity contribution in [1.82, 2.24) is 9.97 Å². The van der Waals surface area contributed by atoms with E-state index in [0.29, 0.717) is 22.0 Å². The van der Waals surface area contributed by atoms with Crippen molar-refractivity contribution in [2.45, 2.75) is 26.2 Å². The highest BCUT2D eigenvalue weighted by Crippen LogP contribution is 2.37. The van der Waals surface area contributed by atoms with Crippen molar-refractivity contribution in [2.75, 3.05) is 7.11 Å². The molecule has 6 heteroatoms. The van der Waals surface area contributed by atoms with Crippen LogP contribution in [0, 0.1) is 0 Å². The van der Waals surface area contributed by atoms with Gasteiger partial charge in [0.2, 0.25) is 5.88 Å². The second kappa shape index (κ2) is 7.60. The maximum atomic E-state index is 11.2. The summed E-state index contributed by atoms with van der Waals surface area (Å²) in [5.74, 6) is -0.613. The molecule has 2 aromatic heterocycles. The number of carboxylic acid groups (broad SMARTS) is 1. The second-order valence-corrected chi connectivity index (χ2v) is 7.87. The number of methoxy groups -OCH3 is 1. The molecule has 3 aromatic rings.